The van der Waals surface area contributed by atoms with Crippen LogP contribution in [0.25, 0.3) is 0 Å². The molecule has 17 heavy (non-hydrogen) atoms. The highest BCUT2D eigenvalue weighted by Gasteiger charge is 2.21. The standard InChI is InChI=1S/C9H9N3O5/c13-7(14)4-12(5-8(15)16)9(17)6-3-10-1-2-11-6/h1-3H,4-5H2,(H,13,14)(H,15,16). The van der Waals surface area contributed by atoms with Gasteiger partial charge in [0.25, 0.3) is 5.91 Å². The first-order valence-corrected chi connectivity index (χ1v) is 4.49. The summed E-state index contributed by atoms with van der Waals surface area (Å²) in [5, 5.41) is 17.1. The summed E-state index contributed by atoms with van der Waals surface area (Å²) in [5.41, 5.74) is -0.102. The van der Waals surface area contributed by atoms with Crippen LogP contribution in [0, 0.1) is 0 Å². The Morgan fingerprint density at radius 3 is 2.12 bits per heavy atom. The molecule has 0 radical (unpaired) electrons. The Kier molecular flexibility index (Phi) is 4.09. The van der Waals surface area contributed by atoms with Crippen molar-refractivity contribution in [3.63, 3.8) is 0 Å². The molecule has 90 valence electrons. The summed E-state index contributed by atoms with van der Waals surface area (Å²) >= 11 is 0. The predicted molar refractivity (Wildman–Crippen MR) is 53.2 cm³/mol. The van der Waals surface area contributed by atoms with Crippen molar-refractivity contribution in [3.05, 3.63) is 24.3 Å². The highest BCUT2D eigenvalue weighted by Crippen LogP contribution is 1.99. The monoisotopic (exact) mass is 239 g/mol. The third-order valence-corrected chi connectivity index (χ3v) is 1.72. The molecule has 1 heterocycles. The number of rotatable bonds is 5. The van der Waals surface area contributed by atoms with Crippen LogP contribution in [0.1, 0.15) is 10.5 Å². The third kappa shape index (κ3) is 3.86. The van der Waals surface area contributed by atoms with Crippen LogP contribution in [-0.4, -0.2) is 56.0 Å². The minimum atomic E-state index is -1.30. The van der Waals surface area contributed by atoms with E-state index < -0.39 is 30.9 Å². The van der Waals surface area contributed by atoms with Crippen molar-refractivity contribution in [2.75, 3.05) is 13.1 Å². The van der Waals surface area contributed by atoms with E-state index in [0.29, 0.717) is 4.90 Å². The van der Waals surface area contributed by atoms with Gasteiger partial charge in [0.1, 0.15) is 18.8 Å². The van der Waals surface area contributed by atoms with Crippen molar-refractivity contribution in [3.8, 4) is 0 Å². The molecule has 1 aromatic heterocycles. The molecule has 0 aromatic carbocycles. The van der Waals surface area contributed by atoms with E-state index in [4.69, 9.17) is 10.2 Å². The van der Waals surface area contributed by atoms with Crippen LogP contribution in [0.3, 0.4) is 0 Å². The van der Waals surface area contributed by atoms with Gasteiger partial charge < -0.3 is 15.1 Å². The minimum absolute atomic E-state index is 0.102. The van der Waals surface area contributed by atoms with Crippen LogP contribution in [-0.2, 0) is 9.59 Å². The summed E-state index contributed by atoms with van der Waals surface area (Å²) in [5.74, 6) is -3.39. The minimum Gasteiger partial charge on any atom is -0.480 e. The normalized spacial score (nSPS) is 9.65. The number of hydrogen-bond donors (Lipinski definition) is 2. The molecule has 0 aliphatic heterocycles. The van der Waals surface area contributed by atoms with Gasteiger partial charge in [-0.15, -0.1) is 0 Å². The zero-order valence-corrected chi connectivity index (χ0v) is 8.61. The summed E-state index contributed by atoms with van der Waals surface area (Å²) in [4.78, 5) is 40.7. The van der Waals surface area contributed by atoms with Crippen molar-refractivity contribution in [1.29, 1.82) is 0 Å². The molecular formula is C9H9N3O5. The van der Waals surface area contributed by atoms with Crippen LogP contribution in [0.4, 0.5) is 0 Å². The number of carbonyl (C=O) groups is 3. The van der Waals surface area contributed by atoms with Crippen molar-refractivity contribution in [1.82, 2.24) is 14.9 Å². The number of amides is 1. The fourth-order valence-corrected chi connectivity index (χ4v) is 1.10. The zero-order valence-electron chi connectivity index (χ0n) is 8.61. The number of carboxylic acids is 2. The molecule has 8 nitrogen and oxygen atoms in total. The Bertz CT molecular complexity index is 418. The Hall–Kier alpha value is -2.51. The van der Waals surface area contributed by atoms with E-state index in [1.807, 2.05) is 0 Å². The Morgan fingerprint density at radius 1 is 1.12 bits per heavy atom. The number of carbonyl (C=O) groups excluding carboxylic acids is 1. The molecule has 1 rings (SSSR count). The fourth-order valence-electron chi connectivity index (χ4n) is 1.10. The molecule has 2 N–H and O–H groups in total. The van der Waals surface area contributed by atoms with Crippen molar-refractivity contribution < 1.29 is 24.6 Å². The second kappa shape index (κ2) is 5.54. The van der Waals surface area contributed by atoms with E-state index in [0.717, 1.165) is 6.20 Å². The lowest BCUT2D eigenvalue weighted by atomic mass is 10.3. The van der Waals surface area contributed by atoms with Gasteiger partial charge in [0, 0.05) is 12.4 Å². The van der Waals surface area contributed by atoms with E-state index in [9.17, 15) is 14.4 Å². The van der Waals surface area contributed by atoms with Gasteiger partial charge in [0.15, 0.2) is 0 Å². The molecule has 1 amide bonds. The first-order valence-electron chi connectivity index (χ1n) is 4.49. The van der Waals surface area contributed by atoms with Gasteiger partial charge in [-0.25, -0.2) is 4.98 Å². The van der Waals surface area contributed by atoms with E-state index in [2.05, 4.69) is 9.97 Å². The lowest BCUT2D eigenvalue weighted by Crippen LogP contribution is -2.39. The maximum Gasteiger partial charge on any atom is 0.323 e. The topological polar surface area (TPSA) is 121 Å². The van der Waals surface area contributed by atoms with Gasteiger partial charge >= 0.3 is 11.9 Å². The van der Waals surface area contributed by atoms with Gasteiger partial charge in [-0.1, -0.05) is 0 Å². The maximum absolute atomic E-state index is 11.7. The molecule has 0 bridgehead atoms. The van der Waals surface area contributed by atoms with Gasteiger partial charge in [-0.2, -0.15) is 0 Å². The van der Waals surface area contributed by atoms with E-state index >= 15 is 0 Å². The Balaban J connectivity index is 2.86. The highest BCUT2D eigenvalue weighted by atomic mass is 16.4. The zero-order chi connectivity index (χ0) is 12.8. The second-order valence-electron chi connectivity index (χ2n) is 3.04. The molecule has 0 unspecified atom stereocenters. The summed E-state index contributed by atoms with van der Waals surface area (Å²) in [7, 11) is 0. The van der Waals surface area contributed by atoms with Crippen LogP contribution in [0.15, 0.2) is 18.6 Å². The fraction of sp³-hybridized carbons (Fsp3) is 0.222. The number of aliphatic carboxylic acids is 2. The van der Waals surface area contributed by atoms with E-state index in [-0.39, 0.29) is 5.69 Å². The summed E-state index contributed by atoms with van der Waals surface area (Å²) < 4.78 is 0. The van der Waals surface area contributed by atoms with Crippen molar-refractivity contribution in [2.45, 2.75) is 0 Å². The lowest BCUT2D eigenvalue weighted by Gasteiger charge is -2.17. The molecule has 0 fully saturated rings. The first kappa shape index (κ1) is 12.6. The molecule has 0 saturated heterocycles. The lowest BCUT2D eigenvalue weighted by molar-refractivity contribution is -0.140. The SMILES string of the molecule is O=C(O)CN(CC(=O)O)C(=O)c1cnccn1. The molecular weight excluding hydrogens is 230 g/mol. The van der Waals surface area contributed by atoms with Crippen LogP contribution >= 0.6 is 0 Å². The average Bonchev–Trinajstić information content (AvgIpc) is 2.27. The van der Waals surface area contributed by atoms with Crippen LogP contribution < -0.4 is 0 Å². The third-order valence-electron chi connectivity index (χ3n) is 1.72. The Morgan fingerprint density at radius 2 is 1.71 bits per heavy atom. The van der Waals surface area contributed by atoms with E-state index in [1.165, 1.54) is 12.4 Å². The molecule has 0 atom stereocenters. The van der Waals surface area contributed by atoms with Gasteiger partial charge in [0.2, 0.25) is 0 Å². The van der Waals surface area contributed by atoms with Crippen LogP contribution in [0.2, 0.25) is 0 Å². The number of aromatic nitrogens is 2. The predicted octanol–water partition coefficient (Wildman–Crippen LogP) is -0.912. The molecule has 0 aliphatic carbocycles. The molecule has 8 heteroatoms. The average molecular weight is 239 g/mol. The summed E-state index contributed by atoms with van der Waals surface area (Å²) in [6.07, 6.45) is 3.74. The largest absolute Gasteiger partial charge is 0.480 e. The highest BCUT2D eigenvalue weighted by molar-refractivity contribution is 5.95. The van der Waals surface area contributed by atoms with E-state index in [1.54, 1.807) is 0 Å². The number of hydrogen-bond acceptors (Lipinski definition) is 5. The second-order valence-corrected chi connectivity index (χ2v) is 3.04. The van der Waals surface area contributed by atoms with Crippen LogP contribution in [0.5, 0.6) is 0 Å². The molecule has 0 aliphatic rings. The maximum atomic E-state index is 11.7. The first-order chi connectivity index (χ1) is 8.00. The number of nitrogens with zero attached hydrogens (tertiary/aromatic N) is 3. The molecule has 1 aromatic rings. The quantitative estimate of drug-likeness (QED) is 0.682. The van der Waals surface area contributed by atoms with Gasteiger partial charge in [-0.05, 0) is 0 Å². The smallest absolute Gasteiger partial charge is 0.323 e. The summed E-state index contributed by atoms with van der Waals surface area (Å²) in [6, 6.07) is 0. The molecule has 0 spiro atoms. The van der Waals surface area contributed by atoms with Gasteiger partial charge in [-0.3, -0.25) is 19.4 Å². The molecule has 0 saturated carbocycles. The Labute approximate surface area is 95.5 Å². The summed E-state index contributed by atoms with van der Waals surface area (Å²) in [6.45, 7) is -1.41. The van der Waals surface area contributed by atoms with Gasteiger partial charge in [0.05, 0.1) is 6.20 Å². The number of carboxylic acid groups (broad SMARTS) is 2. The van der Waals surface area contributed by atoms with Crippen molar-refractivity contribution >= 4 is 17.8 Å². The van der Waals surface area contributed by atoms with Crippen molar-refractivity contribution in [2.24, 2.45) is 0 Å².